The predicted molar refractivity (Wildman–Crippen MR) is 74.1 cm³/mol. The topological polar surface area (TPSA) is 77.4 Å². The third-order valence-corrected chi connectivity index (χ3v) is 4.45. The SMILES string of the molecule is CN1CCOC(c2noc(CC3CCCCC3N)n2)C1. The maximum absolute atomic E-state index is 6.17. The maximum Gasteiger partial charge on any atom is 0.227 e. The monoisotopic (exact) mass is 280 g/mol. The van der Waals surface area contributed by atoms with E-state index in [2.05, 4.69) is 22.1 Å². The molecule has 1 aliphatic heterocycles. The van der Waals surface area contributed by atoms with Gasteiger partial charge in [-0.05, 0) is 25.8 Å². The first-order valence-corrected chi connectivity index (χ1v) is 7.60. The molecule has 1 aromatic heterocycles. The van der Waals surface area contributed by atoms with Crippen LogP contribution < -0.4 is 5.73 Å². The number of ether oxygens (including phenoxy) is 1. The minimum Gasteiger partial charge on any atom is -0.367 e. The third-order valence-electron chi connectivity index (χ3n) is 4.45. The Morgan fingerprint density at radius 1 is 1.35 bits per heavy atom. The molecule has 3 rings (SSSR count). The van der Waals surface area contributed by atoms with Gasteiger partial charge in [-0.3, -0.25) is 0 Å². The molecule has 0 bridgehead atoms. The summed E-state index contributed by atoms with van der Waals surface area (Å²) in [6.07, 6.45) is 5.53. The fraction of sp³-hybridized carbons (Fsp3) is 0.857. The average molecular weight is 280 g/mol. The van der Waals surface area contributed by atoms with Crippen LogP contribution >= 0.6 is 0 Å². The van der Waals surface area contributed by atoms with Gasteiger partial charge in [0.2, 0.25) is 11.7 Å². The Kier molecular flexibility index (Phi) is 4.33. The van der Waals surface area contributed by atoms with Crippen molar-refractivity contribution in [3.05, 3.63) is 11.7 Å². The third kappa shape index (κ3) is 3.19. The van der Waals surface area contributed by atoms with Crippen LogP contribution in [0.3, 0.4) is 0 Å². The normalized spacial score (nSPS) is 32.4. The molecule has 2 aliphatic rings. The van der Waals surface area contributed by atoms with E-state index in [1.807, 2.05) is 0 Å². The molecular weight excluding hydrogens is 256 g/mol. The number of rotatable bonds is 3. The number of aromatic nitrogens is 2. The Hall–Kier alpha value is -0.980. The number of hydrogen-bond donors (Lipinski definition) is 1. The van der Waals surface area contributed by atoms with E-state index in [1.54, 1.807) is 0 Å². The summed E-state index contributed by atoms with van der Waals surface area (Å²) >= 11 is 0. The first-order valence-electron chi connectivity index (χ1n) is 7.60. The molecule has 3 unspecified atom stereocenters. The second-order valence-corrected chi connectivity index (χ2v) is 6.08. The lowest BCUT2D eigenvalue weighted by atomic mass is 9.83. The standard InChI is InChI=1S/C14H24N4O2/c1-18-6-7-19-12(9-18)14-16-13(20-17-14)8-10-4-2-3-5-11(10)15/h10-12H,2-9,15H2,1H3. The van der Waals surface area contributed by atoms with Crippen molar-refractivity contribution in [3.63, 3.8) is 0 Å². The van der Waals surface area contributed by atoms with Crippen LogP contribution in [0.5, 0.6) is 0 Å². The molecule has 6 heteroatoms. The molecule has 1 aliphatic carbocycles. The zero-order valence-electron chi connectivity index (χ0n) is 12.1. The van der Waals surface area contributed by atoms with Crippen LogP contribution in [-0.4, -0.2) is 47.8 Å². The van der Waals surface area contributed by atoms with Crippen molar-refractivity contribution in [2.24, 2.45) is 11.7 Å². The fourth-order valence-corrected chi connectivity index (χ4v) is 3.13. The van der Waals surface area contributed by atoms with Gasteiger partial charge in [-0.15, -0.1) is 0 Å². The molecule has 0 amide bonds. The summed E-state index contributed by atoms with van der Waals surface area (Å²) < 4.78 is 11.1. The Morgan fingerprint density at radius 2 is 2.20 bits per heavy atom. The molecule has 2 heterocycles. The van der Waals surface area contributed by atoms with Crippen LogP contribution in [0, 0.1) is 5.92 Å². The van der Waals surface area contributed by atoms with E-state index in [1.165, 1.54) is 19.3 Å². The highest BCUT2D eigenvalue weighted by molar-refractivity contribution is 4.96. The minimum absolute atomic E-state index is 0.0636. The fourth-order valence-electron chi connectivity index (χ4n) is 3.13. The Bertz CT molecular complexity index is 437. The van der Waals surface area contributed by atoms with Gasteiger partial charge < -0.3 is 19.9 Å². The van der Waals surface area contributed by atoms with E-state index in [0.717, 1.165) is 32.5 Å². The van der Waals surface area contributed by atoms with Gasteiger partial charge in [-0.1, -0.05) is 18.0 Å². The minimum atomic E-state index is -0.0636. The largest absolute Gasteiger partial charge is 0.367 e. The smallest absolute Gasteiger partial charge is 0.227 e. The van der Waals surface area contributed by atoms with Gasteiger partial charge in [0.25, 0.3) is 0 Å². The number of nitrogens with two attached hydrogens (primary N) is 1. The van der Waals surface area contributed by atoms with E-state index in [9.17, 15) is 0 Å². The Labute approximate surface area is 119 Å². The lowest BCUT2D eigenvalue weighted by Gasteiger charge is -2.28. The average Bonchev–Trinajstić information content (AvgIpc) is 2.90. The first-order chi connectivity index (χ1) is 9.72. The second-order valence-electron chi connectivity index (χ2n) is 6.08. The summed E-state index contributed by atoms with van der Waals surface area (Å²) in [5, 5.41) is 4.09. The van der Waals surface area contributed by atoms with Crippen LogP contribution in [0.1, 0.15) is 43.5 Å². The highest BCUT2D eigenvalue weighted by Gasteiger charge is 2.27. The van der Waals surface area contributed by atoms with Gasteiger partial charge in [-0.2, -0.15) is 4.98 Å². The molecule has 20 heavy (non-hydrogen) atoms. The zero-order valence-corrected chi connectivity index (χ0v) is 12.1. The van der Waals surface area contributed by atoms with E-state index in [4.69, 9.17) is 15.0 Å². The van der Waals surface area contributed by atoms with Crippen molar-refractivity contribution in [1.82, 2.24) is 15.0 Å². The van der Waals surface area contributed by atoms with Crippen LogP contribution in [-0.2, 0) is 11.2 Å². The van der Waals surface area contributed by atoms with E-state index < -0.39 is 0 Å². The Balaban J connectivity index is 1.61. The molecule has 6 nitrogen and oxygen atoms in total. The molecule has 112 valence electrons. The van der Waals surface area contributed by atoms with Crippen molar-refractivity contribution >= 4 is 0 Å². The van der Waals surface area contributed by atoms with Gasteiger partial charge in [-0.25, -0.2) is 0 Å². The molecule has 2 N–H and O–H groups in total. The van der Waals surface area contributed by atoms with E-state index in [-0.39, 0.29) is 12.1 Å². The number of nitrogens with zero attached hydrogens (tertiary/aromatic N) is 3. The number of hydrogen-bond acceptors (Lipinski definition) is 6. The quantitative estimate of drug-likeness (QED) is 0.894. The lowest BCUT2D eigenvalue weighted by Crippen LogP contribution is -2.35. The first kappa shape index (κ1) is 14.0. The molecule has 2 fully saturated rings. The molecule has 1 saturated carbocycles. The lowest BCUT2D eigenvalue weighted by molar-refractivity contribution is -0.0264. The molecular formula is C14H24N4O2. The van der Waals surface area contributed by atoms with Crippen molar-refractivity contribution in [2.45, 2.75) is 44.2 Å². The summed E-state index contributed by atoms with van der Waals surface area (Å²) in [6.45, 7) is 2.50. The van der Waals surface area contributed by atoms with Crippen LogP contribution in [0.15, 0.2) is 4.52 Å². The van der Waals surface area contributed by atoms with Crippen LogP contribution in [0.4, 0.5) is 0 Å². The molecule has 3 atom stereocenters. The van der Waals surface area contributed by atoms with Crippen molar-refractivity contribution in [2.75, 3.05) is 26.7 Å². The van der Waals surface area contributed by atoms with Crippen LogP contribution in [0.25, 0.3) is 0 Å². The summed E-state index contributed by atoms with van der Waals surface area (Å²) in [4.78, 5) is 6.74. The van der Waals surface area contributed by atoms with Crippen LogP contribution in [0.2, 0.25) is 0 Å². The molecule has 0 radical (unpaired) electrons. The van der Waals surface area contributed by atoms with Crippen molar-refractivity contribution in [1.29, 1.82) is 0 Å². The van der Waals surface area contributed by atoms with Gasteiger partial charge in [0.15, 0.2) is 0 Å². The summed E-state index contributed by atoms with van der Waals surface area (Å²) in [5.41, 5.74) is 6.17. The zero-order chi connectivity index (χ0) is 13.9. The van der Waals surface area contributed by atoms with Gasteiger partial charge in [0.1, 0.15) is 6.10 Å². The van der Waals surface area contributed by atoms with E-state index in [0.29, 0.717) is 17.6 Å². The molecule has 0 spiro atoms. The second kappa shape index (κ2) is 6.20. The van der Waals surface area contributed by atoms with Gasteiger partial charge in [0, 0.05) is 25.6 Å². The van der Waals surface area contributed by atoms with Gasteiger partial charge in [0.05, 0.1) is 6.61 Å². The van der Waals surface area contributed by atoms with Crippen molar-refractivity contribution in [3.8, 4) is 0 Å². The highest BCUT2D eigenvalue weighted by atomic mass is 16.5. The number of likely N-dealkylation sites (N-methyl/N-ethyl adjacent to an activating group) is 1. The van der Waals surface area contributed by atoms with Crippen molar-refractivity contribution < 1.29 is 9.26 Å². The number of morpholine rings is 1. The maximum atomic E-state index is 6.17. The molecule has 1 saturated heterocycles. The van der Waals surface area contributed by atoms with Gasteiger partial charge >= 0.3 is 0 Å². The summed E-state index contributed by atoms with van der Waals surface area (Å²) in [7, 11) is 2.08. The molecule has 1 aromatic rings. The summed E-state index contributed by atoms with van der Waals surface area (Å²) in [6, 6.07) is 0.274. The highest BCUT2D eigenvalue weighted by Crippen LogP contribution is 2.26. The Morgan fingerprint density at radius 3 is 3.00 bits per heavy atom. The summed E-state index contributed by atoms with van der Waals surface area (Å²) in [5.74, 6) is 1.86. The molecule has 0 aromatic carbocycles. The van der Waals surface area contributed by atoms with E-state index >= 15 is 0 Å². The predicted octanol–water partition coefficient (Wildman–Crippen LogP) is 1.13.